The summed E-state index contributed by atoms with van der Waals surface area (Å²) in [6, 6.07) is 22.7. The van der Waals surface area contributed by atoms with Crippen LogP contribution < -0.4 is 10.1 Å². The van der Waals surface area contributed by atoms with Crippen molar-refractivity contribution in [2.75, 3.05) is 17.7 Å². The minimum absolute atomic E-state index is 0.0476. The van der Waals surface area contributed by atoms with E-state index in [0.29, 0.717) is 22.2 Å². The molecular weight excluding hydrogens is 546 g/mol. The number of aromatic nitrogens is 4. The fraction of sp³-hybridized carbons (Fsp3) is 0.364. The molecular formula is C33H39N5O3S. The van der Waals surface area contributed by atoms with Crippen LogP contribution in [0.15, 0.2) is 78.0 Å². The number of amides is 1. The molecule has 0 saturated heterocycles. The maximum Gasteiger partial charge on any atom is 0.262 e. The van der Waals surface area contributed by atoms with Gasteiger partial charge < -0.3 is 10.1 Å². The van der Waals surface area contributed by atoms with Gasteiger partial charge in [0.05, 0.1) is 11.4 Å². The Hall–Kier alpha value is -3.98. The number of Topliss-reactive ketones (excluding diaryl/α,β-unsaturated/α-hetero) is 1. The van der Waals surface area contributed by atoms with Gasteiger partial charge in [-0.3, -0.25) is 9.59 Å². The van der Waals surface area contributed by atoms with Crippen LogP contribution in [-0.4, -0.2) is 44.3 Å². The van der Waals surface area contributed by atoms with Crippen molar-refractivity contribution in [3.63, 3.8) is 0 Å². The monoisotopic (exact) mass is 585 g/mol. The number of carbonyl (C=O) groups excluding carboxylic acids is 2. The van der Waals surface area contributed by atoms with Gasteiger partial charge in [-0.15, -0.1) is 5.10 Å². The third kappa shape index (κ3) is 7.45. The highest BCUT2D eigenvalue weighted by atomic mass is 32.2. The number of ether oxygens (including phenoxy) is 1. The van der Waals surface area contributed by atoms with Gasteiger partial charge in [0.15, 0.2) is 12.4 Å². The molecule has 0 aliphatic carbocycles. The van der Waals surface area contributed by atoms with Crippen LogP contribution in [0.2, 0.25) is 0 Å². The Morgan fingerprint density at radius 2 is 1.64 bits per heavy atom. The predicted octanol–water partition coefficient (Wildman–Crippen LogP) is 7.03. The number of thioether (sulfide) groups is 1. The quantitative estimate of drug-likeness (QED) is 0.133. The fourth-order valence-electron chi connectivity index (χ4n) is 4.32. The zero-order valence-electron chi connectivity index (χ0n) is 25.2. The molecule has 0 saturated carbocycles. The van der Waals surface area contributed by atoms with Gasteiger partial charge >= 0.3 is 0 Å². The van der Waals surface area contributed by atoms with Crippen molar-refractivity contribution in [3.05, 3.63) is 89.5 Å². The minimum atomic E-state index is -0.297. The van der Waals surface area contributed by atoms with Crippen LogP contribution in [0.25, 0.3) is 5.69 Å². The molecule has 1 amide bonds. The molecule has 220 valence electrons. The molecule has 3 aromatic carbocycles. The van der Waals surface area contributed by atoms with Gasteiger partial charge in [0.25, 0.3) is 5.91 Å². The Kier molecular flexibility index (Phi) is 9.83. The van der Waals surface area contributed by atoms with Gasteiger partial charge in [0.2, 0.25) is 5.16 Å². The summed E-state index contributed by atoms with van der Waals surface area (Å²) in [5.41, 5.74) is 4.13. The smallest absolute Gasteiger partial charge is 0.262 e. The number of tetrazole rings is 1. The van der Waals surface area contributed by atoms with Gasteiger partial charge in [0.1, 0.15) is 5.75 Å². The lowest BCUT2D eigenvalue weighted by molar-refractivity contribution is -0.118. The van der Waals surface area contributed by atoms with Crippen LogP contribution >= 0.6 is 11.8 Å². The normalized spacial score (nSPS) is 11.8. The Morgan fingerprint density at radius 3 is 2.36 bits per heavy atom. The molecule has 9 heteroatoms. The first kappa shape index (κ1) is 31.0. The number of benzene rings is 3. The summed E-state index contributed by atoms with van der Waals surface area (Å²) in [5, 5.41) is 15.2. The van der Waals surface area contributed by atoms with E-state index in [2.05, 4.69) is 74.5 Å². The lowest BCUT2D eigenvalue weighted by Crippen LogP contribution is -2.24. The maximum atomic E-state index is 13.0. The van der Waals surface area contributed by atoms with E-state index >= 15 is 0 Å². The first-order valence-corrected chi connectivity index (χ1v) is 15.2. The number of para-hydroxylation sites is 1. The number of anilines is 1. The molecule has 4 aromatic rings. The van der Waals surface area contributed by atoms with Crippen molar-refractivity contribution in [3.8, 4) is 11.4 Å². The fourth-order valence-corrected chi connectivity index (χ4v) is 5.11. The topological polar surface area (TPSA) is 99.0 Å². The Balaban J connectivity index is 1.39. The lowest BCUT2D eigenvalue weighted by atomic mass is 9.76. The van der Waals surface area contributed by atoms with E-state index < -0.39 is 0 Å². The van der Waals surface area contributed by atoms with Crippen molar-refractivity contribution in [1.82, 2.24) is 20.2 Å². The molecule has 42 heavy (non-hydrogen) atoms. The van der Waals surface area contributed by atoms with Crippen molar-refractivity contribution < 1.29 is 14.3 Å². The van der Waals surface area contributed by atoms with Crippen molar-refractivity contribution in [1.29, 1.82) is 0 Å². The summed E-state index contributed by atoms with van der Waals surface area (Å²) in [6.45, 7) is 13.1. The lowest BCUT2D eigenvalue weighted by Gasteiger charge is -2.30. The molecule has 4 rings (SSSR count). The highest BCUT2D eigenvalue weighted by Gasteiger charge is 2.27. The zero-order chi connectivity index (χ0) is 30.3. The van der Waals surface area contributed by atoms with Crippen molar-refractivity contribution >= 4 is 29.1 Å². The molecule has 0 fully saturated rings. The second-order valence-corrected chi connectivity index (χ2v) is 12.5. The molecule has 1 aromatic heterocycles. The summed E-state index contributed by atoms with van der Waals surface area (Å²) < 4.78 is 7.66. The van der Waals surface area contributed by atoms with Crippen LogP contribution in [0, 0.1) is 0 Å². The minimum Gasteiger partial charge on any atom is -0.483 e. The Morgan fingerprint density at radius 1 is 0.905 bits per heavy atom. The first-order chi connectivity index (χ1) is 20.0. The van der Waals surface area contributed by atoms with E-state index in [1.165, 1.54) is 17.3 Å². The summed E-state index contributed by atoms with van der Waals surface area (Å²) in [6.07, 6.45) is 1.96. The molecule has 1 N–H and O–H groups in total. The van der Waals surface area contributed by atoms with Crippen LogP contribution in [-0.2, 0) is 15.6 Å². The molecule has 8 nitrogen and oxygen atoms in total. The van der Waals surface area contributed by atoms with Gasteiger partial charge in [-0.1, -0.05) is 95.8 Å². The van der Waals surface area contributed by atoms with Crippen LogP contribution in [0.1, 0.15) is 75.9 Å². The summed E-state index contributed by atoms with van der Waals surface area (Å²) in [7, 11) is 0. The number of nitrogens with one attached hydrogen (secondary N) is 1. The largest absolute Gasteiger partial charge is 0.483 e. The molecule has 0 bridgehead atoms. The average molecular weight is 586 g/mol. The molecule has 0 radical (unpaired) electrons. The van der Waals surface area contributed by atoms with Crippen molar-refractivity contribution in [2.24, 2.45) is 0 Å². The molecule has 0 aliphatic heterocycles. The molecule has 0 unspecified atom stereocenters. The van der Waals surface area contributed by atoms with Crippen LogP contribution in [0.5, 0.6) is 5.75 Å². The van der Waals surface area contributed by atoms with E-state index in [-0.39, 0.29) is 34.9 Å². The molecule has 1 heterocycles. The Bertz CT molecular complexity index is 1530. The van der Waals surface area contributed by atoms with Gasteiger partial charge in [-0.05, 0) is 70.0 Å². The maximum absolute atomic E-state index is 13.0. The van der Waals surface area contributed by atoms with E-state index in [4.69, 9.17) is 4.74 Å². The molecule has 0 aliphatic rings. The second kappa shape index (κ2) is 13.3. The van der Waals surface area contributed by atoms with Gasteiger partial charge in [-0.2, -0.15) is 4.68 Å². The van der Waals surface area contributed by atoms with Gasteiger partial charge in [-0.25, -0.2) is 0 Å². The van der Waals surface area contributed by atoms with Crippen molar-refractivity contribution in [2.45, 2.75) is 70.4 Å². The number of hydrogen-bond donors (Lipinski definition) is 1. The average Bonchev–Trinajstić information content (AvgIpc) is 3.48. The number of carbonyl (C=O) groups is 2. The number of ketones is 1. The number of rotatable bonds is 13. The van der Waals surface area contributed by atoms with E-state index in [0.717, 1.165) is 24.1 Å². The third-order valence-electron chi connectivity index (χ3n) is 7.86. The highest BCUT2D eigenvalue weighted by Crippen LogP contribution is 2.38. The molecule has 0 spiro atoms. The Labute approximate surface area is 252 Å². The SMILES string of the molecule is CCC(C)(C)c1ccc(OCC(=O)Nc2cccc(C(=O)CSc3nnnn3-c3ccccc3)c2)c(C(C)(C)CC)c1. The molecule has 0 atom stereocenters. The number of nitrogens with zero attached hydrogens (tertiary/aromatic N) is 4. The third-order valence-corrected chi connectivity index (χ3v) is 8.78. The van der Waals surface area contributed by atoms with Gasteiger partial charge in [0, 0.05) is 16.8 Å². The number of hydrogen-bond acceptors (Lipinski definition) is 7. The standard InChI is InChI=1S/C33H39N5O3S/c1-7-32(3,4)24-17-18-29(27(20-24)33(5,6)8-2)41-21-30(40)34-25-14-12-13-23(19-25)28(39)22-42-31-35-36-37-38(31)26-15-10-9-11-16-26/h9-20H,7-8,21-22H2,1-6H3,(H,34,40). The van der Waals surface area contributed by atoms with E-state index in [1.807, 2.05) is 36.4 Å². The summed E-state index contributed by atoms with van der Waals surface area (Å²) in [4.78, 5) is 25.9. The van der Waals surface area contributed by atoms with E-state index in [1.54, 1.807) is 28.9 Å². The van der Waals surface area contributed by atoms with Crippen LogP contribution in [0.4, 0.5) is 5.69 Å². The summed E-state index contributed by atoms with van der Waals surface area (Å²) in [5.74, 6) is 0.464. The van der Waals surface area contributed by atoms with Crippen LogP contribution in [0.3, 0.4) is 0 Å². The van der Waals surface area contributed by atoms with E-state index in [9.17, 15) is 9.59 Å². The zero-order valence-corrected chi connectivity index (χ0v) is 26.0. The summed E-state index contributed by atoms with van der Waals surface area (Å²) >= 11 is 1.26. The first-order valence-electron chi connectivity index (χ1n) is 14.2. The predicted molar refractivity (Wildman–Crippen MR) is 168 cm³/mol. The highest BCUT2D eigenvalue weighted by molar-refractivity contribution is 7.99. The second-order valence-electron chi connectivity index (χ2n) is 11.5.